The topological polar surface area (TPSA) is 112 Å². The molecule has 1 aliphatic heterocycles. The molecule has 192 valence electrons. The molecule has 2 aromatic carbocycles. The van der Waals surface area contributed by atoms with E-state index in [0.29, 0.717) is 19.6 Å². The molecule has 37 heavy (non-hydrogen) atoms. The zero-order chi connectivity index (χ0) is 26.2. The van der Waals surface area contributed by atoms with E-state index in [9.17, 15) is 9.18 Å². The lowest BCUT2D eigenvalue weighted by molar-refractivity contribution is 0.102. The molecule has 1 fully saturated rings. The summed E-state index contributed by atoms with van der Waals surface area (Å²) < 4.78 is 40.4. The van der Waals surface area contributed by atoms with Gasteiger partial charge in [-0.05, 0) is 25.0 Å². The fraction of sp³-hybridized carbons (Fsp3) is 0.308. The van der Waals surface area contributed by atoms with Gasteiger partial charge in [0.1, 0.15) is 12.3 Å². The van der Waals surface area contributed by atoms with Gasteiger partial charge in [0.25, 0.3) is 5.91 Å². The molecule has 1 unspecified atom stereocenters. The average molecular weight is 526 g/mol. The summed E-state index contributed by atoms with van der Waals surface area (Å²) >= 11 is 1.40. The number of thioether (sulfide) groups is 1. The number of hydrogen-bond acceptors (Lipinski definition) is 8. The van der Waals surface area contributed by atoms with Gasteiger partial charge < -0.3 is 20.5 Å². The van der Waals surface area contributed by atoms with Crippen molar-refractivity contribution in [1.29, 1.82) is 0 Å². The number of rotatable bonds is 8. The third-order valence-electron chi connectivity index (χ3n) is 6.66. The Balaban J connectivity index is 1.33. The quantitative estimate of drug-likeness (QED) is 0.452. The Labute approximate surface area is 216 Å². The molecule has 8 nitrogen and oxygen atoms in total. The fourth-order valence-corrected chi connectivity index (χ4v) is 6.24. The van der Waals surface area contributed by atoms with E-state index in [1.807, 2.05) is 30.3 Å². The zero-order valence-electron chi connectivity index (χ0n) is 20.2. The van der Waals surface area contributed by atoms with E-state index >= 15 is 4.39 Å². The van der Waals surface area contributed by atoms with Crippen LogP contribution in [-0.2, 0) is 16.9 Å². The third kappa shape index (κ3) is 4.88. The van der Waals surface area contributed by atoms with Gasteiger partial charge in [0.2, 0.25) is 5.88 Å². The standard InChI is InChI=1S/C26H25F2N5O3S/c1-25(20-10-26(20,14-35-2)37-24(29)33-25)17-8-16(9-18(27)22(17)28)32-23(34)19-11-31-21(12-30-19)36-13-15-6-4-3-5-7-15/h3-9,11-12,20H,10,13-14H2,1-2H3,(H2,29,33)(H,32,34)/t20?,25-,26-/m1/s1. The van der Waals surface area contributed by atoms with Crippen molar-refractivity contribution >= 4 is 28.5 Å². The summed E-state index contributed by atoms with van der Waals surface area (Å²) in [7, 11) is 1.59. The molecule has 0 radical (unpaired) electrons. The van der Waals surface area contributed by atoms with Gasteiger partial charge >= 0.3 is 0 Å². The average Bonchev–Trinajstić information content (AvgIpc) is 3.60. The Bertz CT molecular complexity index is 1360. The van der Waals surface area contributed by atoms with E-state index in [0.717, 1.165) is 11.6 Å². The molecule has 1 aromatic heterocycles. The number of carbonyl (C=O) groups excluding carboxylic acids is 1. The van der Waals surface area contributed by atoms with Crippen molar-refractivity contribution in [3.8, 4) is 5.88 Å². The summed E-state index contributed by atoms with van der Waals surface area (Å²) in [5.41, 5.74) is 5.99. The molecule has 3 N–H and O–H groups in total. The van der Waals surface area contributed by atoms with Crippen molar-refractivity contribution < 1.29 is 23.0 Å². The van der Waals surface area contributed by atoms with Crippen LogP contribution in [0.1, 0.15) is 35.0 Å². The Hall–Kier alpha value is -3.57. The molecule has 0 bridgehead atoms. The van der Waals surface area contributed by atoms with E-state index in [4.69, 9.17) is 15.2 Å². The van der Waals surface area contributed by atoms with E-state index in [2.05, 4.69) is 20.3 Å². The van der Waals surface area contributed by atoms with E-state index in [1.54, 1.807) is 14.0 Å². The molecule has 5 rings (SSSR count). The first kappa shape index (κ1) is 25.1. The lowest BCUT2D eigenvalue weighted by Crippen LogP contribution is -2.38. The predicted molar refractivity (Wildman–Crippen MR) is 136 cm³/mol. The predicted octanol–water partition coefficient (Wildman–Crippen LogP) is 4.27. The van der Waals surface area contributed by atoms with Crippen LogP contribution in [0.4, 0.5) is 14.5 Å². The van der Waals surface area contributed by atoms with Gasteiger partial charge in [-0.15, -0.1) is 0 Å². The first-order chi connectivity index (χ1) is 17.7. The summed E-state index contributed by atoms with van der Waals surface area (Å²) in [6.07, 6.45) is 3.28. The van der Waals surface area contributed by atoms with Crippen molar-refractivity contribution in [2.45, 2.75) is 30.2 Å². The number of fused-ring (bicyclic) bond motifs is 1. The van der Waals surface area contributed by atoms with Crippen LogP contribution in [0.15, 0.2) is 59.9 Å². The molecule has 3 aromatic rings. The van der Waals surface area contributed by atoms with Gasteiger partial charge in [-0.2, -0.15) is 0 Å². The highest BCUT2D eigenvalue weighted by Crippen LogP contribution is 2.66. The van der Waals surface area contributed by atoms with Gasteiger partial charge in [0, 0.05) is 30.3 Å². The van der Waals surface area contributed by atoms with Crippen molar-refractivity contribution in [3.05, 3.63) is 83.3 Å². The Morgan fingerprint density at radius 2 is 2.00 bits per heavy atom. The number of nitrogens with zero attached hydrogens (tertiary/aromatic N) is 3. The summed E-state index contributed by atoms with van der Waals surface area (Å²) in [6, 6.07) is 11.9. The van der Waals surface area contributed by atoms with Crippen LogP contribution in [0.3, 0.4) is 0 Å². The number of nitrogens with one attached hydrogen (secondary N) is 1. The molecular formula is C26H25F2N5O3S. The van der Waals surface area contributed by atoms with Crippen LogP contribution < -0.4 is 15.8 Å². The van der Waals surface area contributed by atoms with E-state index in [-0.39, 0.29) is 38.7 Å². The number of carbonyl (C=O) groups is 1. The largest absolute Gasteiger partial charge is 0.472 e. The smallest absolute Gasteiger partial charge is 0.275 e. The number of ether oxygens (including phenoxy) is 2. The minimum Gasteiger partial charge on any atom is -0.472 e. The monoisotopic (exact) mass is 525 g/mol. The number of aromatic nitrogens is 2. The highest BCUT2D eigenvalue weighted by molar-refractivity contribution is 8.15. The first-order valence-corrected chi connectivity index (χ1v) is 12.4. The second-order valence-electron chi connectivity index (χ2n) is 9.24. The second kappa shape index (κ2) is 9.71. The lowest BCUT2D eigenvalue weighted by Gasteiger charge is -2.34. The number of benzene rings is 2. The van der Waals surface area contributed by atoms with Gasteiger partial charge in [-0.1, -0.05) is 42.1 Å². The lowest BCUT2D eigenvalue weighted by atomic mass is 9.85. The zero-order valence-corrected chi connectivity index (χ0v) is 21.0. The van der Waals surface area contributed by atoms with Crippen LogP contribution >= 0.6 is 11.8 Å². The Morgan fingerprint density at radius 1 is 1.22 bits per heavy atom. The van der Waals surface area contributed by atoms with Gasteiger partial charge in [-0.25, -0.2) is 18.7 Å². The van der Waals surface area contributed by atoms with Crippen molar-refractivity contribution in [1.82, 2.24) is 9.97 Å². The second-order valence-corrected chi connectivity index (χ2v) is 10.7. The van der Waals surface area contributed by atoms with Crippen molar-refractivity contribution in [3.63, 3.8) is 0 Å². The van der Waals surface area contributed by atoms with Crippen molar-refractivity contribution in [2.75, 3.05) is 19.0 Å². The van der Waals surface area contributed by atoms with Crippen LogP contribution in [0, 0.1) is 17.6 Å². The summed E-state index contributed by atoms with van der Waals surface area (Å²) in [6.45, 7) is 2.44. The van der Waals surface area contributed by atoms with E-state index < -0.39 is 23.1 Å². The summed E-state index contributed by atoms with van der Waals surface area (Å²) in [5.74, 6) is -2.62. The number of nitrogens with two attached hydrogens (primary N) is 1. The number of aliphatic imine (C=N–C) groups is 1. The molecule has 1 saturated carbocycles. The normalized spacial score (nSPS) is 24.1. The number of methoxy groups -OCH3 is 1. The number of anilines is 1. The molecule has 0 saturated heterocycles. The molecule has 1 amide bonds. The minimum atomic E-state index is -1.11. The van der Waals surface area contributed by atoms with Gasteiger partial charge in [-0.3, -0.25) is 9.79 Å². The molecule has 2 heterocycles. The van der Waals surface area contributed by atoms with Gasteiger partial charge in [0.05, 0.1) is 29.3 Å². The minimum absolute atomic E-state index is 0.0119. The number of halogens is 2. The first-order valence-electron chi connectivity index (χ1n) is 11.6. The Kier molecular flexibility index (Phi) is 6.59. The summed E-state index contributed by atoms with van der Waals surface area (Å²) in [5, 5.41) is 2.86. The number of amides is 1. The Morgan fingerprint density at radius 3 is 2.70 bits per heavy atom. The molecule has 3 atom stereocenters. The molecular weight excluding hydrogens is 500 g/mol. The molecule has 11 heteroatoms. The third-order valence-corrected chi connectivity index (χ3v) is 7.94. The van der Waals surface area contributed by atoms with E-state index in [1.165, 1.54) is 30.2 Å². The summed E-state index contributed by atoms with van der Waals surface area (Å²) in [4.78, 5) is 25.5. The SMILES string of the molecule is COC[C@]12CC1[C@@](C)(c1cc(NC(=O)c3cnc(OCc4ccccc4)cn3)cc(F)c1F)N=C(N)S2. The maximum absolute atomic E-state index is 15.1. The van der Waals surface area contributed by atoms with Gasteiger partial charge in [0.15, 0.2) is 16.8 Å². The van der Waals surface area contributed by atoms with Crippen LogP contribution in [0.5, 0.6) is 5.88 Å². The maximum atomic E-state index is 15.1. The van der Waals surface area contributed by atoms with Crippen LogP contribution in [0.2, 0.25) is 0 Å². The highest BCUT2D eigenvalue weighted by atomic mass is 32.2. The molecule has 1 aliphatic carbocycles. The number of amidine groups is 1. The number of hydrogen-bond donors (Lipinski definition) is 2. The van der Waals surface area contributed by atoms with Crippen molar-refractivity contribution in [2.24, 2.45) is 16.6 Å². The maximum Gasteiger partial charge on any atom is 0.275 e. The molecule has 0 spiro atoms. The van der Waals surface area contributed by atoms with Crippen LogP contribution in [-0.4, -0.2) is 39.5 Å². The highest BCUT2D eigenvalue weighted by Gasteiger charge is 2.66. The fourth-order valence-electron chi connectivity index (χ4n) is 4.79. The molecule has 2 aliphatic rings. The van der Waals surface area contributed by atoms with Crippen LogP contribution in [0.25, 0.3) is 0 Å².